The van der Waals surface area contributed by atoms with E-state index in [1.165, 1.54) is 7.11 Å². The van der Waals surface area contributed by atoms with Crippen LogP contribution in [0.2, 0.25) is 0 Å². The van der Waals surface area contributed by atoms with Crippen LogP contribution in [0.4, 0.5) is 4.79 Å². The van der Waals surface area contributed by atoms with Gasteiger partial charge in [0.2, 0.25) is 5.91 Å². The third-order valence-electron chi connectivity index (χ3n) is 3.16. The van der Waals surface area contributed by atoms with E-state index >= 15 is 0 Å². The van der Waals surface area contributed by atoms with Crippen molar-refractivity contribution in [2.24, 2.45) is 0 Å². The summed E-state index contributed by atoms with van der Waals surface area (Å²) in [5, 5.41) is 5.03. The van der Waals surface area contributed by atoms with Crippen LogP contribution in [0.5, 0.6) is 0 Å². The summed E-state index contributed by atoms with van der Waals surface area (Å²) in [6.45, 7) is 5.07. The second kappa shape index (κ2) is 9.66. The summed E-state index contributed by atoms with van der Waals surface area (Å²) >= 11 is 0. The number of carbonyl (C=O) groups excluding carboxylic acids is 3. The van der Waals surface area contributed by atoms with Crippen molar-refractivity contribution in [1.29, 1.82) is 0 Å². The minimum atomic E-state index is -1.01. The number of carbonyl (C=O) groups is 3. The lowest BCUT2D eigenvalue weighted by atomic mass is 10.1. The lowest BCUT2D eigenvalue weighted by molar-refractivity contribution is -0.143. The number of esters is 1. The van der Waals surface area contributed by atoms with Crippen molar-refractivity contribution in [3.8, 4) is 0 Å². The van der Waals surface area contributed by atoms with E-state index in [9.17, 15) is 14.4 Å². The summed E-state index contributed by atoms with van der Waals surface area (Å²) in [6.07, 6.45) is 0.126. The van der Waals surface area contributed by atoms with E-state index in [1.54, 1.807) is 20.8 Å². The molecule has 0 spiro atoms. The van der Waals surface area contributed by atoms with Crippen LogP contribution in [-0.2, 0) is 25.5 Å². The third-order valence-corrected chi connectivity index (χ3v) is 3.16. The Hall–Kier alpha value is -2.57. The number of hydrogen-bond donors (Lipinski definition) is 2. The standard InChI is InChI=1S/C18H26N2O5/c1-18(2,3)25-17(23)20-14(16(22)24-4)12-19-15(21)11-10-13-8-6-5-7-9-13/h5-9,14H,10-12H2,1-4H3,(H,19,21)(H,20,23)/t14-/m0/s1. The molecule has 0 aliphatic heterocycles. The molecule has 25 heavy (non-hydrogen) atoms. The fraction of sp³-hybridized carbons (Fsp3) is 0.500. The fourth-order valence-electron chi connectivity index (χ4n) is 1.99. The topological polar surface area (TPSA) is 93.7 Å². The van der Waals surface area contributed by atoms with Crippen molar-refractivity contribution in [3.05, 3.63) is 35.9 Å². The van der Waals surface area contributed by atoms with Crippen LogP contribution in [0, 0.1) is 0 Å². The number of rotatable bonds is 7. The van der Waals surface area contributed by atoms with Crippen molar-refractivity contribution in [2.45, 2.75) is 45.3 Å². The molecule has 0 heterocycles. The van der Waals surface area contributed by atoms with Crippen LogP contribution < -0.4 is 10.6 Å². The molecule has 0 radical (unpaired) electrons. The van der Waals surface area contributed by atoms with Gasteiger partial charge in [-0.15, -0.1) is 0 Å². The highest BCUT2D eigenvalue weighted by Crippen LogP contribution is 2.07. The van der Waals surface area contributed by atoms with Gasteiger partial charge in [-0.3, -0.25) is 4.79 Å². The Kier molecular flexibility index (Phi) is 7.91. The quantitative estimate of drug-likeness (QED) is 0.732. The molecule has 0 saturated heterocycles. The molecule has 1 atom stereocenters. The summed E-state index contributed by atoms with van der Waals surface area (Å²) in [5.41, 5.74) is 0.359. The zero-order valence-electron chi connectivity index (χ0n) is 15.1. The second-order valence-electron chi connectivity index (χ2n) is 6.51. The summed E-state index contributed by atoms with van der Waals surface area (Å²) < 4.78 is 9.75. The van der Waals surface area contributed by atoms with Crippen LogP contribution in [-0.4, -0.2) is 43.3 Å². The van der Waals surface area contributed by atoms with E-state index in [0.29, 0.717) is 6.42 Å². The molecule has 0 aliphatic carbocycles. The Balaban J connectivity index is 2.48. The first-order valence-electron chi connectivity index (χ1n) is 8.09. The number of methoxy groups -OCH3 is 1. The Morgan fingerprint density at radius 1 is 1.12 bits per heavy atom. The van der Waals surface area contributed by atoms with Crippen LogP contribution in [0.15, 0.2) is 30.3 Å². The number of alkyl carbamates (subject to hydrolysis) is 1. The van der Waals surface area contributed by atoms with Crippen molar-refractivity contribution < 1.29 is 23.9 Å². The molecule has 0 saturated carbocycles. The van der Waals surface area contributed by atoms with Gasteiger partial charge < -0.3 is 20.1 Å². The van der Waals surface area contributed by atoms with Gasteiger partial charge in [0.25, 0.3) is 0 Å². The van der Waals surface area contributed by atoms with E-state index in [4.69, 9.17) is 4.74 Å². The minimum absolute atomic E-state index is 0.0699. The average molecular weight is 350 g/mol. The van der Waals surface area contributed by atoms with Crippen LogP contribution in [0.3, 0.4) is 0 Å². The summed E-state index contributed by atoms with van der Waals surface area (Å²) in [4.78, 5) is 35.5. The molecule has 1 rings (SSSR count). The van der Waals surface area contributed by atoms with Gasteiger partial charge in [0.15, 0.2) is 0 Å². The lowest BCUT2D eigenvalue weighted by Gasteiger charge is -2.22. The van der Waals surface area contributed by atoms with Gasteiger partial charge in [-0.25, -0.2) is 9.59 Å². The monoisotopic (exact) mass is 350 g/mol. The second-order valence-corrected chi connectivity index (χ2v) is 6.51. The van der Waals surface area contributed by atoms with E-state index in [1.807, 2.05) is 30.3 Å². The zero-order chi connectivity index (χ0) is 18.9. The van der Waals surface area contributed by atoms with E-state index in [2.05, 4.69) is 15.4 Å². The molecule has 2 amide bonds. The van der Waals surface area contributed by atoms with Gasteiger partial charge >= 0.3 is 12.1 Å². The average Bonchev–Trinajstić information content (AvgIpc) is 2.55. The molecule has 0 aliphatic rings. The molecular weight excluding hydrogens is 324 g/mol. The first-order valence-corrected chi connectivity index (χ1v) is 8.09. The third kappa shape index (κ3) is 8.74. The van der Waals surface area contributed by atoms with Gasteiger partial charge in [-0.1, -0.05) is 30.3 Å². The molecule has 7 heteroatoms. The van der Waals surface area contributed by atoms with E-state index in [-0.39, 0.29) is 18.9 Å². The molecule has 7 nitrogen and oxygen atoms in total. The molecule has 0 fully saturated rings. The minimum Gasteiger partial charge on any atom is -0.467 e. The van der Waals surface area contributed by atoms with Crippen molar-refractivity contribution >= 4 is 18.0 Å². The van der Waals surface area contributed by atoms with E-state index < -0.39 is 23.7 Å². The highest BCUT2D eigenvalue weighted by Gasteiger charge is 2.25. The highest BCUT2D eigenvalue weighted by molar-refractivity contribution is 5.83. The number of hydrogen-bond acceptors (Lipinski definition) is 5. The van der Waals surface area contributed by atoms with Crippen LogP contribution in [0.1, 0.15) is 32.8 Å². The normalized spacial score (nSPS) is 12.0. The smallest absolute Gasteiger partial charge is 0.408 e. The maximum absolute atomic E-state index is 11.9. The summed E-state index contributed by atoms with van der Waals surface area (Å²) in [5.74, 6) is -0.877. The first-order chi connectivity index (χ1) is 11.7. The van der Waals surface area contributed by atoms with Crippen LogP contribution >= 0.6 is 0 Å². The molecule has 2 N–H and O–H groups in total. The van der Waals surface area contributed by atoms with Crippen molar-refractivity contribution in [1.82, 2.24) is 10.6 Å². The largest absolute Gasteiger partial charge is 0.467 e. The fourth-order valence-corrected chi connectivity index (χ4v) is 1.99. The number of amides is 2. The Bertz CT molecular complexity index is 581. The number of aryl methyl sites for hydroxylation is 1. The molecule has 0 unspecified atom stereocenters. The molecule has 1 aromatic carbocycles. The Morgan fingerprint density at radius 2 is 1.76 bits per heavy atom. The summed E-state index contributed by atoms with van der Waals surface area (Å²) in [7, 11) is 1.21. The first kappa shape index (κ1) is 20.5. The number of benzene rings is 1. The number of ether oxygens (including phenoxy) is 2. The predicted molar refractivity (Wildman–Crippen MR) is 92.9 cm³/mol. The molecule has 138 valence electrons. The molecule has 1 aromatic rings. The van der Waals surface area contributed by atoms with Gasteiger partial charge in [0.05, 0.1) is 7.11 Å². The van der Waals surface area contributed by atoms with Gasteiger partial charge in [-0.2, -0.15) is 0 Å². The molecule has 0 aromatic heterocycles. The van der Waals surface area contributed by atoms with Gasteiger partial charge in [0, 0.05) is 13.0 Å². The predicted octanol–water partition coefficient (Wildman–Crippen LogP) is 1.80. The maximum Gasteiger partial charge on any atom is 0.408 e. The van der Waals surface area contributed by atoms with E-state index in [0.717, 1.165) is 5.56 Å². The Labute approximate surface area is 148 Å². The van der Waals surface area contributed by atoms with Crippen molar-refractivity contribution in [2.75, 3.05) is 13.7 Å². The maximum atomic E-state index is 11.9. The summed E-state index contributed by atoms with van der Waals surface area (Å²) in [6, 6.07) is 8.59. The lowest BCUT2D eigenvalue weighted by Crippen LogP contribution is -2.50. The van der Waals surface area contributed by atoms with Crippen molar-refractivity contribution in [3.63, 3.8) is 0 Å². The Morgan fingerprint density at radius 3 is 2.32 bits per heavy atom. The highest BCUT2D eigenvalue weighted by atomic mass is 16.6. The SMILES string of the molecule is COC(=O)[C@H](CNC(=O)CCc1ccccc1)NC(=O)OC(C)(C)C. The van der Waals surface area contributed by atoms with Crippen LogP contribution in [0.25, 0.3) is 0 Å². The van der Waals surface area contributed by atoms with Gasteiger partial charge in [-0.05, 0) is 32.8 Å². The van der Waals surface area contributed by atoms with Gasteiger partial charge in [0.1, 0.15) is 11.6 Å². The zero-order valence-corrected chi connectivity index (χ0v) is 15.1. The molecular formula is C18H26N2O5. The molecule has 0 bridgehead atoms. The number of nitrogens with one attached hydrogen (secondary N) is 2.